The molecular formula is C18H20N6O. The van der Waals surface area contributed by atoms with E-state index in [1.807, 2.05) is 43.3 Å². The Kier molecular flexibility index (Phi) is 3.83. The van der Waals surface area contributed by atoms with Crippen molar-refractivity contribution in [3.05, 3.63) is 54.0 Å². The van der Waals surface area contributed by atoms with Gasteiger partial charge in [-0.05, 0) is 25.3 Å². The quantitative estimate of drug-likeness (QED) is 0.669. The smallest absolute Gasteiger partial charge is 0.254 e. The lowest BCUT2D eigenvalue weighted by Crippen LogP contribution is -2.37. The minimum Gasteiger partial charge on any atom is -0.368 e. The maximum absolute atomic E-state index is 12.6. The zero-order valence-electron chi connectivity index (χ0n) is 14.1. The number of hydrogen-bond donors (Lipinski definition) is 2. The molecule has 7 nitrogen and oxygen atoms in total. The summed E-state index contributed by atoms with van der Waals surface area (Å²) in [5.74, 6) is 1.49. The van der Waals surface area contributed by atoms with Gasteiger partial charge in [0.05, 0.1) is 5.41 Å². The number of aromatic nitrogens is 4. The van der Waals surface area contributed by atoms with Gasteiger partial charge in [0.1, 0.15) is 12.1 Å². The summed E-state index contributed by atoms with van der Waals surface area (Å²) in [6.07, 6.45) is 3.31. The van der Waals surface area contributed by atoms with Gasteiger partial charge in [0.2, 0.25) is 5.91 Å². The molecule has 2 N–H and O–H groups in total. The number of fused-ring (bicyclic) bond motifs is 1. The van der Waals surface area contributed by atoms with Gasteiger partial charge in [-0.2, -0.15) is 14.6 Å². The van der Waals surface area contributed by atoms with Gasteiger partial charge in [-0.3, -0.25) is 4.79 Å². The monoisotopic (exact) mass is 336 g/mol. The lowest BCUT2D eigenvalue weighted by molar-refractivity contribution is -0.123. The van der Waals surface area contributed by atoms with Crippen LogP contribution in [-0.4, -0.2) is 38.6 Å². The third kappa shape index (κ3) is 2.93. The van der Waals surface area contributed by atoms with E-state index in [-0.39, 0.29) is 11.3 Å². The van der Waals surface area contributed by atoms with Crippen molar-refractivity contribution in [2.24, 2.45) is 0 Å². The Bertz CT molecular complexity index is 900. The van der Waals surface area contributed by atoms with Crippen molar-refractivity contribution in [2.75, 3.05) is 18.4 Å². The Hall–Kier alpha value is -2.96. The fourth-order valence-corrected chi connectivity index (χ4v) is 3.12. The van der Waals surface area contributed by atoms with Gasteiger partial charge in [-0.25, -0.2) is 4.98 Å². The highest BCUT2D eigenvalue weighted by Crippen LogP contribution is 2.48. The summed E-state index contributed by atoms with van der Waals surface area (Å²) < 4.78 is 1.65. The second-order valence-corrected chi connectivity index (χ2v) is 6.39. The van der Waals surface area contributed by atoms with Crippen molar-refractivity contribution in [1.82, 2.24) is 24.9 Å². The number of hydrogen-bond acceptors (Lipinski definition) is 5. The molecule has 4 rings (SSSR count). The number of anilines is 1. The minimum absolute atomic E-state index is 0.109. The first-order valence-corrected chi connectivity index (χ1v) is 8.44. The fraction of sp³-hybridized carbons (Fsp3) is 0.333. The van der Waals surface area contributed by atoms with Gasteiger partial charge in [-0.15, -0.1) is 0 Å². The van der Waals surface area contributed by atoms with Crippen LogP contribution in [0.5, 0.6) is 0 Å². The zero-order valence-corrected chi connectivity index (χ0v) is 14.1. The van der Waals surface area contributed by atoms with Gasteiger partial charge in [0, 0.05) is 24.8 Å². The molecule has 0 aliphatic heterocycles. The molecule has 1 fully saturated rings. The van der Waals surface area contributed by atoms with Crippen molar-refractivity contribution < 1.29 is 4.79 Å². The van der Waals surface area contributed by atoms with Crippen LogP contribution < -0.4 is 10.6 Å². The minimum atomic E-state index is -0.326. The number of nitrogens with one attached hydrogen (secondary N) is 2. The molecule has 3 aromatic rings. The molecule has 25 heavy (non-hydrogen) atoms. The summed E-state index contributed by atoms with van der Waals surface area (Å²) in [6, 6.07) is 11.9. The molecule has 7 heteroatoms. The van der Waals surface area contributed by atoms with Crippen molar-refractivity contribution in [2.45, 2.75) is 25.2 Å². The third-order valence-electron chi connectivity index (χ3n) is 4.61. The van der Waals surface area contributed by atoms with Gasteiger partial charge in [0.15, 0.2) is 0 Å². The molecule has 1 aromatic carbocycles. The molecular weight excluding hydrogens is 316 g/mol. The fourth-order valence-electron chi connectivity index (χ4n) is 3.12. The van der Waals surface area contributed by atoms with E-state index in [1.54, 1.807) is 4.52 Å². The molecule has 128 valence electrons. The lowest BCUT2D eigenvalue weighted by Gasteiger charge is -2.16. The van der Waals surface area contributed by atoms with E-state index in [9.17, 15) is 4.79 Å². The number of carbonyl (C=O) groups excluding carboxylic acids is 1. The highest BCUT2D eigenvalue weighted by Gasteiger charge is 2.50. The molecule has 2 heterocycles. The Labute approximate surface area is 145 Å². The van der Waals surface area contributed by atoms with Crippen LogP contribution in [0, 0.1) is 6.92 Å². The maximum Gasteiger partial charge on any atom is 0.254 e. The van der Waals surface area contributed by atoms with Crippen molar-refractivity contribution in [1.29, 1.82) is 0 Å². The average molecular weight is 336 g/mol. The van der Waals surface area contributed by atoms with Crippen LogP contribution in [0.1, 0.15) is 24.1 Å². The summed E-state index contributed by atoms with van der Waals surface area (Å²) in [7, 11) is 0. The first-order valence-electron chi connectivity index (χ1n) is 8.44. The summed E-state index contributed by atoms with van der Waals surface area (Å²) in [5, 5.41) is 10.5. The van der Waals surface area contributed by atoms with Crippen LogP contribution in [-0.2, 0) is 10.2 Å². The number of nitrogens with zero attached hydrogens (tertiary/aromatic N) is 4. The molecule has 0 unspecified atom stereocenters. The van der Waals surface area contributed by atoms with E-state index in [4.69, 9.17) is 0 Å². The Morgan fingerprint density at radius 3 is 2.80 bits per heavy atom. The highest BCUT2D eigenvalue weighted by atomic mass is 16.2. The largest absolute Gasteiger partial charge is 0.368 e. The van der Waals surface area contributed by atoms with Crippen molar-refractivity contribution >= 4 is 17.5 Å². The number of aryl methyl sites for hydroxylation is 1. The number of benzene rings is 1. The van der Waals surface area contributed by atoms with Crippen LogP contribution in [0.25, 0.3) is 5.78 Å². The summed E-state index contributed by atoms with van der Waals surface area (Å²) in [4.78, 5) is 21.0. The molecule has 0 saturated heterocycles. The molecule has 0 atom stereocenters. The van der Waals surface area contributed by atoms with Crippen molar-refractivity contribution in [3.63, 3.8) is 0 Å². The van der Waals surface area contributed by atoms with Crippen LogP contribution in [0.4, 0.5) is 5.82 Å². The predicted molar refractivity (Wildman–Crippen MR) is 94.4 cm³/mol. The van der Waals surface area contributed by atoms with Gasteiger partial charge >= 0.3 is 0 Å². The highest BCUT2D eigenvalue weighted by molar-refractivity contribution is 5.91. The summed E-state index contributed by atoms with van der Waals surface area (Å²) >= 11 is 0. The third-order valence-corrected chi connectivity index (χ3v) is 4.61. The molecule has 1 aliphatic carbocycles. The zero-order chi connectivity index (χ0) is 17.3. The molecule has 2 aromatic heterocycles. The second kappa shape index (κ2) is 6.16. The Morgan fingerprint density at radius 1 is 1.24 bits per heavy atom. The number of rotatable bonds is 6. The molecule has 0 bridgehead atoms. The van der Waals surface area contributed by atoms with E-state index >= 15 is 0 Å². The molecule has 1 amide bonds. The second-order valence-electron chi connectivity index (χ2n) is 6.39. The van der Waals surface area contributed by atoms with Crippen LogP contribution in [0.15, 0.2) is 42.7 Å². The van der Waals surface area contributed by atoms with E-state index in [0.717, 1.165) is 29.9 Å². The van der Waals surface area contributed by atoms with Crippen LogP contribution in [0.3, 0.4) is 0 Å². The van der Waals surface area contributed by atoms with Gasteiger partial charge in [-0.1, -0.05) is 30.3 Å². The molecule has 0 spiro atoms. The summed E-state index contributed by atoms with van der Waals surface area (Å²) in [5.41, 5.74) is 1.65. The van der Waals surface area contributed by atoms with E-state index in [0.29, 0.717) is 18.9 Å². The van der Waals surface area contributed by atoms with E-state index < -0.39 is 0 Å². The first kappa shape index (κ1) is 15.6. The lowest BCUT2D eigenvalue weighted by atomic mass is 9.95. The van der Waals surface area contributed by atoms with Gasteiger partial charge in [0.25, 0.3) is 5.78 Å². The molecule has 1 aliphatic rings. The molecule has 1 saturated carbocycles. The standard InChI is InChI=1S/C18H20N6O/c1-13-11-15(24-17(23-13)21-12-22-24)19-9-10-20-16(25)18(7-8-18)14-5-3-2-4-6-14/h2-6,11-12,19H,7-10H2,1H3,(H,20,25). The SMILES string of the molecule is Cc1cc(NCCNC(=O)C2(c3ccccc3)CC2)n2ncnc2n1. The average Bonchev–Trinajstić information content (AvgIpc) is 3.31. The van der Waals surface area contributed by atoms with Gasteiger partial charge < -0.3 is 10.6 Å². The van der Waals surface area contributed by atoms with E-state index in [2.05, 4.69) is 25.7 Å². The maximum atomic E-state index is 12.6. The molecule has 0 radical (unpaired) electrons. The normalized spacial score (nSPS) is 15.1. The predicted octanol–water partition coefficient (Wildman–Crippen LogP) is 1.69. The Balaban J connectivity index is 1.35. The van der Waals surface area contributed by atoms with Crippen LogP contribution in [0.2, 0.25) is 0 Å². The Morgan fingerprint density at radius 2 is 2.04 bits per heavy atom. The van der Waals surface area contributed by atoms with Crippen molar-refractivity contribution in [3.8, 4) is 0 Å². The summed E-state index contributed by atoms with van der Waals surface area (Å²) in [6.45, 7) is 3.07. The van der Waals surface area contributed by atoms with Crippen LogP contribution >= 0.6 is 0 Å². The first-order chi connectivity index (χ1) is 12.2. The topological polar surface area (TPSA) is 84.2 Å². The number of carbonyl (C=O) groups is 1. The number of amides is 1. The van der Waals surface area contributed by atoms with E-state index in [1.165, 1.54) is 6.33 Å².